The Morgan fingerprint density at radius 1 is 1.25 bits per heavy atom. The highest BCUT2D eigenvalue weighted by Gasteiger charge is 1.85. The van der Waals surface area contributed by atoms with Gasteiger partial charge in [-0.1, -0.05) is 24.3 Å². The Kier molecular flexibility index (Phi) is 3.35. The standard InChI is InChI=1S/C10H13NO/c11-10-6-4-9(5-7-10)3-1-2-8-12/h1,3-7,12H,2,8,11H2. The van der Waals surface area contributed by atoms with E-state index in [1.54, 1.807) is 0 Å². The minimum Gasteiger partial charge on any atom is -0.399 e. The third kappa shape index (κ3) is 2.76. The summed E-state index contributed by atoms with van der Waals surface area (Å²) in [5.41, 5.74) is 7.40. The van der Waals surface area contributed by atoms with Crippen molar-refractivity contribution in [1.29, 1.82) is 0 Å². The second kappa shape index (κ2) is 4.57. The predicted octanol–water partition coefficient (Wildman–Crippen LogP) is 1.66. The Hall–Kier alpha value is -1.28. The third-order valence-electron chi connectivity index (χ3n) is 1.54. The van der Waals surface area contributed by atoms with Gasteiger partial charge >= 0.3 is 0 Å². The molecule has 0 saturated heterocycles. The molecule has 0 aliphatic rings. The molecule has 0 saturated carbocycles. The average molecular weight is 163 g/mol. The Balaban J connectivity index is 2.58. The monoisotopic (exact) mass is 163 g/mol. The number of aliphatic hydroxyl groups excluding tert-OH is 1. The molecule has 2 heteroatoms. The van der Waals surface area contributed by atoms with Crippen LogP contribution in [0.5, 0.6) is 0 Å². The summed E-state index contributed by atoms with van der Waals surface area (Å²) in [6.07, 6.45) is 4.60. The molecule has 0 radical (unpaired) electrons. The van der Waals surface area contributed by atoms with E-state index in [1.807, 2.05) is 36.4 Å². The van der Waals surface area contributed by atoms with Crippen molar-refractivity contribution in [1.82, 2.24) is 0 Å². The van der Waals surface area contributed by atoms with E-state index < -0.39 is 0 Å². The zero-order valence-electron chi connectivity index (χ0n) is 6.90. The first kappa shape index (κ1) is 8.81. The van der Waals surface area contributed by atoms with Crippen molar-refractivity contribution >= 4 is 11.8 Å². The van der Waals surface area contributed by atoms with Crippen LogP contribution in [0.4, 0.5) is 5.69 Å². The molecule has 0 spiro atoms. The smallest absolute Gasteiger partial charge is 0.0465 e. The minimum absolute atomic E-state index is 0.200. The van der Waals surface area contributed by atoms with Gasteiger partial charge in [0, 0.05) is 12.3 Å². The lowest BCUT2D eigenvalue weighted by molar-refractivity contribution is 0.303. The lowest BCUT2D eigenvalue weighted by Gasteiger charge is -1.93. The van der Waals surface area contributed by atoms with Crippen LogP contribution in [-0.4, -0.2) is 11.7 Å². The molecule has 0 amide bonds. The summed E-state index contributed by atoms with van der Waals surface area (Å²) in [5.74, 6) is 0. The van der Waals surface area contributed by atoms with Crippen molar-refractivity contribution in [2.24, 2.45) is 0 Å². The molecule has 2 nitrogen and oxygen atoms in total. The lowest BCUT2D eigenvalue weighted by atomic mass is 10.2. The van der Waals surface area contributed by atoms with Gasteiger partial charge in [-0.2, -0.15) is 0 Å². The van der Waals surface area contributed by atoms with Crippen LogP contribution in [0.3, 0.4) is 0 Å². The topological polar surface area (TPSA) is 46.2 Å². The van der Waals surface area contributed by atoms with Crippen LogP contribution in [0.1, 0.15) is 12.0 Å². The summed E-state index contributed by atoms with van der Waals surface area (Å²) >= 11 is 0. The van der Waals surface area contributed by atoms with Crippen molar-refractivity contribution in [2.45, 2.75) is 6.42 Å². The fourth-order valence-corrected chi connectivity index (χ4v) is 0.901. The first-order valence-corrected chi connectivity index (χ1v) is 3.96. The quantitative estimate of drug-likeness (QED) is 0.666. The van der Waals surface area contributed by atoms with E-state index in [9.17, 15) is 0 Å². The molecular formula is C10H13NO. The number of nitrogens with two attached hydrogens (primary N) is 1. The molecule has 0 bridgehead atoms. The summed E-state index contributed by atoms with van der Waals surface area (Å²) in [5, 5.41) is 8.52. The highest BCUT2D eigenvalue weighted by Crippen LogP contribution is 2.07. The molecule has 0 atom stereocenters. The van der Waals surface area contributed by atoms with Gasteiger partial charge < -0.3 is 10.8 Å². The molecule has 0 fully saturated rings. The van der Waals surface area contributed by atoms with E-state index in [1.165, 1.54) is 0 Å². The molecule has 1 aromatic rings. The third-order valence-corrected chi connectivity index (χ3v) is 1.54. The van der Waals surface area contributed by atoms with Crippen molar-refractivity contribution in [2.75, 3.05) is 12.3 Å². The molecule has 3 N–H and O–H groups in total. The molecule has 0 aromatic heterocycles. The number of rotatable bonds is 3. The fourth-order valence-electron chi connectivity index (χ4n) is 0.901. The van der Waals surface area contributed by atoms with Crippen molar-refractivity contribution in [3.8, 4) is 0 Å². The Bertz CT molecular complexity index is 251. The second-order valence-electron chi connectivity index (χ2n) is 2.58. The maximum Gasteiger partial charge on any atom is 0.0465 e. The number of hydrogen-bond donors (Lipinski definition) is 2. The van der Waals surface area contributed by atoms with E-state index in [-0.39, 0.29) is 6.61 Å². The zero-order valence-corrected chi connectivity index (χ0v) is 6.90. The van der Waals surface area contributed by atoms with Crippen LogP contribution in [0.2, 0.25) is 0 Å². The maximum atomic E-state index is 8.52. The summed E-state index contributed by atoms with van der Waals surface area (Å²) in [7, 11) is 0. The summed E-state index contributed by atoms with van der Waals surface area (Å²) in [6.45, 7) is 0.200. The van der Waals surface area contributed by atoms with Gasteiger partial charge in [0.2, 0.25) is 0 Å². The highest BCUT2D eigenvalue weighted by atomic mass is 16.2. The minimum atomic E-state index is 0.200. The van der Waals surface area contributed by atoms with Gasteiger partial charge in [-0.15, -0.1) is 0 Å². The second-order valence-corrected chi connectivity index (χ2v) is 2.58. The zero-order chi connectivity index (χ0) is 8.81. The molecule has 64 valence electrons. The van der Waals surface area contributed by atoms with Crippen LogP contribution in [0, 0.1) is 0 Å². The van der Waals surface area contributed by atoms with Gasteiger partial charge in [0.05, 0.1) is 0 Å². The Morgan fingerprint density at radius 3 is 2.50 bits per heavy atom. The molecular weight excluding hydrogens is 150 g/mol. The number of aliphatic hydroxyl groups is 1. The van der Waals surface area contributed by atoms with E-state index in [0.29, 0.717) is 6.42 Å². The van der Waals surface area contributed by atoms with Crippen LogP contribution < -0.4 is 5.73 Å². The molecule has 12 heavy (non-hydrogen) atoms. The van der Waals surface area contributed by atoms with Crippen molar-refractivity contribution in [3.05, 3.63) is 35.9 Å². The summed E-state index contributed by atoms with van der Waals surface area (Å²) in [4.78, 5) is 0. The van der Waals surface area contributed by atoms with Gasteiger partial charge in [-0.3, -0.25) is 0 Å². The van der Waals surface area contributed by atoms with Gasteiger partial charge in [-0.05, 0) is 24.1 Å². The normalized spacial score (nSPS) is 10.8. The maximum absolute atomic E-state index is 8.52. The van der Waals surface area contributed by atoms with Crippen LogP contribution in [-0.2, 0) is 0 Å². The van der Waals surface area contributed by atoms with Gasteiger partial charge in [-0.25, -0.2) is 0 Å². The van der Waals surface area contributed by atoms with Gasteiger partial charge in [0.1, 0.15) is 0 Å². The van der Waals surface area contributed by atoms with Crippen LogP contribution in [0.25, 0.3) is 6.08 Å². The number of nitrogen functional groups attached to an aromatic ring is 1. The van der Waals surface area contributed by atoms with Crippen LogP contribution >= 0.6 is 0 Å². The number of anilines is 1. The van der Waals surface area contributed by atoms with Crippen LogP contribution in [0.15, 0.2) is 30.3 Å². The number of benzene rings is 1. The SMILES string of the molecule is Nc1ccc(C=CCCO)cc1. The van der Waals surface area contributed by atoms with E-state index in [2.05, 4.69) is 0 Å². The van der Waals surface area contributed by atoms with Gasteiger partial charge in [0.25, 0.3) is 0 Å². The first-order valence-electron chi connectivity index (χ1n) is 3.96. The number of hydrogen-bond acceptors (Lipinski definition) is 2. The Morgan fingerprint density at radius 2 is 1.92 bits per heavy atom. The molecule has 0 aliphatic carbocycles. The first-order chi connectivity index (χ1) is 5.83. The van der Waals surface area contributed by atoms with Crippen molar-refractivity contribution in [3.63, 3.8) is 0 Å². The largest absolute Gasteiger partial charge is 0.399 e. The molecule has 1 aromatic carbocycles. The van der Waals surface area contributed by atoms with E-state index in [0.717, 1.165) is 11.3 Å². The van der Waals surface area contributed by atoms with Gasteiger partial charge in [0.15, 0.2) is 0 Å². The molecule has 0 heterocycles. The predicted molar refractivity (Wildman–Crippen MR) is 51.6 cm³/mol. The molecule has 0 unspecified atom stereocenters. The fraction of sp³-hybridized carbons (Fsp3) is 0.200. The van der Waals surface area contributed by atoms with E-state index in [4.69, 9.17) is 10.8 Å². The average Bonchev–Trinajstić information content (AvgIpc) is 2.09. The molecule has 1 rings (SSSR count). The molecule has 0 aliphatic heterocycles. The highest BCUT2D eigenvalue weighted by molar-refractivity contribution is 5.53. The van der Waals surface area contributed by atoms with Crippen molar-refractivity contribution < 1.29 is 5.11 Å². The summed E-state index contributed by atoms with van der Waals surface area (Å²) in [6, 6.07) is 7.61. The lowest BCUT2D eigenvalue weighted by Crippen LogP contribution is -1.82. The summed E-state index contributed by atoms with van der Waals surface area (Å²) < 4.78 is 0. The van der Waals surface area contributed by atoms with E-state index >= 15 is 0 Å². The Labute approximate surface area is 72.3 Å².